The van der Waals surface area contributed by atoms with Gasteiger partial charge in [0.25, 0.3) is 0 Å². The zero-order chi connectivity index (χ0) is 15.7. The van der Waals surface area contributed by atoms with Crippen LogP contribution in [0.1, 0.15) is 50.7 Å². The molecule has 0 radical (unpaired) electrons. The minimum absolute atomic E-state index is 0.00296. The summed E-state index contributed by atoms with van der Waals surface area (Å²) < 4.78 is 5.58. The first-order valence-electron chi connectivity index (χ1n) is 7.95. The average molecular weight is 296 g/mol. The molecule has 0 amide bonds. The lowest BCUT2D eigenvalue weighted by Gasteiger charge is -2.52. The Balaban J connectivity index is 2.06. The summed E-state index contributed by atoms with van der Waals surface area (Å²) in [5.41, 5.74) is -0.497. The summed E-state index contributed by atoms with van der Waals surface area (Å²) in [7, 11) is 0. The lowest BCUT2D eigenvalue weighted by Crippen LogP contribution is -2.49. The number of fused-ring (bicyclic) bond motifs is 1. The molecule has 114 valence electrons. The first-order valence-corrected chi connectivity index (χ1v) is 7.95. The molecule has 1 aromatic heterocycles. The highest BCUT2D eigenvalue weighted by Gasteiger charge is 2.56. The summed E-state index contributed by atoms with van der Waals surface area (Å²) in [5.74, 6) is 0.995. The number of hydrogen-bond donors (Lipinski definition) is 0. The van der Waals surface area contributed by atoms with E-state index in [4.69, 9.17) is 4.42 Å². The van der Waals surface area contributed by atoms with Crippen LogP contribution in [0, 0.1) is 45.8 Å². The van der Waals surface area contributed by atoms with E-state index >= 15 is 0 Å². The minimum Gasteiger partial charge on any atom is -0.469 e. The van der Waals surface area contributed by atoms with Crippen molar-refractivity contribution in [3.8, 4) is 12.1 Å². The van der Waals surface area contributed by atoms with E-state index in [1.54, 1.807) is 6.26 Å². The Morgan fingerprint density at radius 3 is 2.82 bits per heavy atom. The number of Topliss-reactive ketones (excluding diaryl/α,β-unsaturated/α-hetero) is 1. The molecule has 1 aromatic rings. The van der Waals surface area contributed by atoms with E-state index in [0.717, 1.165) is 25.0 Å². The second kappa shape index (κ2) is 5.61. The van der Waals surface area contributed by atoms with Gasteiger partial charge in [0.05, 0.1) is 18.4 Å². The van der Waals surface area contributed by atoms with Crippen molar-refractivity contribution in [1.29, 1.82) is 10.5 Å². The first-order chi connectivity index (χ1) is 10.6. The number of ketones is 1. The van der Waals surface area contributed by atoms with Crippen molar-refractivity contribution in [3.63, 3.8) is 0 Å². The van der Waals surface area contributed by atoms with Crippen molar-refractivity contribution < 1.29 is 9.21 Å². The summed E-state index contributed by atoms with van der Waals surface area (Å²) in [6, 6.07) is 8.10. The highest BCUT2D eigenvalue weighted by Crippen LogP contribution is 2.59. The molecular formula is C18H20N2O2. The topological polar surface area (TPSA) is 77.8 Å². The molecular weight excluding hydrogens is 276 g/mol. The Hall–Kier alpha value is -2.07. The molecule has 0 saturated heterocycles. The van der Waals surface area contributed by atoms with Gasteiger partial charge in [-0.3, -0.25) is 4.79 Å². The van der Waals surface area contributed by atoms with E-state index in [1.807, 2.05) is 12.1 Å². The summed E-state index contributed by atoms with van der Waals surface area (Å²) >= 11 is 0. The van der Waals surface area contributed by atoms with E-state index < -0.39 is 11.3 Å². The molecule has 2 aliphatic carbocycles. The monoisotopic (exact) mass is 296 g/mol. The van der Waals surface area contributed by atoms with Gasteiger partial charge in [0.15, 0.2) is 0 Å². The van der Waals surface area contributed by atoms with Crippen LogP contribution in [-0.2, 0) is 4.79 Å². The van der Waals surface area contributed by atoms with Crippen LogP contribution < -0.4 is 0 Å². The zero-order valence-electron chi connectivity index (χ0n) is 12.8. The van der Waals surface area contributed by atoms with Crippen LogP contribution in [0.15, 0.2) is 22.8 Å². The Morgan fingerprint density at radius 2 is 2.18 bits per heavy atom. The van der Waals surface area contributed by atoms with Crippen LogP contribution in [0.4, 0.5) is 0 Å². The Labute approximate surface area is 130 Å². The van der Waals surface area contributed by atoms with Crippen LogP contribution in [0.25, 0.3) is 0 Å². The Kier molecular flexibility index (Phi) is 3.79. The molecule has 0 unspecified atom stereocenters. The molecule has 4 nitrogen and oxygen atoms in total. The molecule has 0 aromatic carbocycles. The number of nitrogens with zero attached hydrogens (tertiary/aromatic N) is 2. The van der Waals surface area contributed by atoms with Gasteiger partial charge >= 0.3 is 0 Å². The zero-order valence-corrected chi connectivity index (χ0v) is 12.8. The number of carbonyl (C=O) groups is 1. The minimum atomic E-state index is -0.716. The van der Waals surface area contributed by atoms with E-state index in [2.05, 4.69) is 19.1 Å². The van der Waals surface area contributed by atoms with Gasteiger partial charge in [-0.15, -0.1) is 0 Å². The van der Waals surface area contributed by atoms with Gasteiger partial charge in [0.2, 0.25) is 0 Å². The lowest BCUT2D eigenvalue weighted by molar-refractivity contribution is -0.131. The van der Waals surface area contributed by atoms with Crippen LogP contribution in [-0.4, -0.2) is 5.78 Å². The van der Waals surface area contributed by atoms with E-state index in [1.165, 1.54) is 0 Å². The third-order valence-electron chi connectivity index (χ3n) is 5.70. The fraction of sp³-hybridized carbons (Fsp3) is 0.611. The third kappa shape index (κ3) is 2.24. The average Bonchev–Trinajstić information content (AvgIpc) is 3.02. The predicted molar refractivity (Wildman–Crippen MR) is 79.3 cm³/mol. The molecule has 2 fully saturated rings. The van der Waals surface area contributed by atoms with Crippen LogP contribution in [0.5, 0.6) is 0 Å². The molecule has 0 N–H and O–H groups in total. The fourth-order valence-electron chi connectivity index (χ4n) is 4.65. The molecule has 2 saturated carbocycles. The third-order valence-corrected chi connectivity index (χ3v) is 5.70. The van der Waals surface area contributed by atoms with Crippen molar-refractivity contribution in [2.75, 3.05) is 0 Å². The van der Waals surface area contributed by atoms with Crippen molar-refractivity contribution in [2.45, 2.75) is 44.9 Å². The van der Waals surface area contributed by atoms with Gasteiger partial charge in [-0.1, -0.05) is 13.3 Å². The molecule has 0 spiro atoms. The Bertz CT molecular complexity index is 623. The summed E-state index contributed by atoms with van der Waals surface area (Å²) in [6.45, 7) is 2.22. The Morgan fingerprint density at radius 1 is 1.41 bits per heavy atom. The maximum atomic E-state index is 12.4. The molecule has 1 heterocycles. The van der Waals surface area contributed by atoms with Gasteiger partial charge < -0.3 is 4.42 Å². The fourth-order valence-corrected chi connectivity index (χ4v) is 4.65. The van der Waals surface area contributed by atoms with Crippen LogP contribution in [0.2, 0.25) is 0 Å². The SMILES string of the molecule is C[C@H]1CC[C@]2(C(C#N)C#N)CC(=O)C[C@@H](c3ccco3)[C@@H]2C1. The molecule has 22 heavy (non-hydrogen) atoms. The second-order valence-corrected chi connectivity index (χ2v) is 6.95. The molecule has 0 bridgehead atoms. The molecule has 2 aliphatic rings. The van der Waals surface area contributed by atoms with Gasteiger partial charge in [0, 0.05) is 24.2 Å². The first kappa shape index (κ1) is 14.9. The maximum Gasteiger partial charge on any atom is 0.139 e. The van der Waals surface area contributed by atoms with Gasteiger partial charge in [-0.05, 0) is 36.8 Å². The quantitative estimate of drug-likeness (QED) is 0.831. The van der Waals surface area contributed by atoms with Crippen LogP contribution >= 0.6 is 0 Å². The number of rotatable bonds is 2. The summed E-state index contributed by atoms with van der Waals surface area (Å²) in [5, 5.41) is 18.9. The predicted octanol–water partition coefficient (Wildman–Crippen LogP) is 3.81. The molecule has 0 aliphatic heterocycles. The maximum absolute atomic E-state index is 12.4. The molecule has 4 heteroatoms. The van der Waals surface area contributed by atoms with Gasteiger partial charge in [0.1, 0.15) is 17.5 Å². The smallest absolute Gasteiger partial charge is 0.139 e. The lowest BCUT2D eigenvalue weighted by atomic mass is 9.49. The number of carbonyl (C=O) groups excluding carboxylic acids is 1. The molecule has 3 rings (SSSR count). The van der Waals surface area contributed by atoms with Crippen molar-refractivity contribution in [3.05, 3.63) is 24.2 Å². The van der Waals surface area contributed by atoms with Gasteiger partial charge in [-0.25, -0.2) is 0 Å². The van der Waals surface area contributed by atoms with Gasteiger partial charge in [-0.2, -0.15) is 10.5 Å². The van der Waals surface area contributed by atoms with Crippen molar-refractivity contribution in [2.24, 2.45) is 23.2 Å². The summed E-state index contributed by atoms with van der Waals surface area (Å²) in [4.78, 5) is 12.4. The van der Waals surface area contributed by atoms with Crippen molar-refractivity contribution >= 4 is 5.78 Å². The van der Waals surface area contributed by atoms with Crippen LogP contribution in [0.3, 0.4) is 0 Å². The highest BCUT2D eigenvalue weighted by atomic mass is 16.3. The van der Waals surface area contributed by atoms with E-state index in [0.29, 0.717) is 18.8 Å². The second-order valence-electron chi connectivity index (χ2n) is 6.95. The molecule has 4 atom stereocenters. The normalized spacial score (nSPS) is 34.7. The van der Waals surface area contributed by atoms with E-state index in [9.17, 15) is 15.3 Å². The number of nitriles is 2. The van der Waals surface area contributed by atoms with Crippen molar-refractivity contribution in [1.82, 2.24) is 0 Å². The standard InChI is InChI=1S/C18H20N2O2/c1-12-4-5-18(13(10-19)11-20)9-14(21)8-15(16(18)7-12)17-3-2-6-22-17/h2-3,6,12-13,15-16H,4-5,7-9H2,1H3/t12-,15+,16-,18+/m0/s1. The summed E-state index contributed by atoms with van der Waals surface area (Å²) in [6.07, 6.45) is 5.19. The van der Waals surface area contributed by atoms with E-state index in [-0.39, 0.29) is 17.6 Å². The largest absolute Gasteiger partial charge is 0.469 e. The number of hydrogen-bond acceptors (Lipinski definition) is 4. The number of furan rings is 1. The highest BCUT2D eigenvalue weighted by molar-refractivity contribution is 5.81.